The smallest absolute Gasteiger partial charge is 0.0646 e. The lowest BCUT2D eigenvalue weighted by atomic mass is 9.52. The molecule has 0 aromatic rings. The third kappa shape index (κ3) is 4.34. The SMILES string of the molecule is C1CNC2C(C1)CC1CC2(C2CCCC(C3CCC4NC3N3CCCC5C6CC(CN7CCCCC67)C4C53)N2)CN2CCCCC12. The monoisotopic (exact) mass is 631 g/mol. The number of rotatable bonds is 2. The van der Waals surface area contributed by atoms with Crippen molar-refractivity contribution in [1.82, 2.24) is 30.7 Å². The zero-order chi connectivity index (χ0) is 30.0. The van der Waals surface area contributed by atoms with Crippen LogP contribution in [0.15, 0.2) is 0 Å². The van der Waals surface area contributed by atoms with Crippen molar-refractivity contribution in [1.29, 1.82) is 0 Å². The van der Waals surface area contributed by atoms with E-state index in [0.717, 1.165) is 71.6 Å². The maximum Gasteiger partial charge on any atom is 0.0646 e. The maximum absolute atomic E-state index is 4.65. The van der Waals surface area contributed by atoms with E-state index in [9.17, 15) is 0 Å². The number of nitrogens with one attached hydrogen (secondary N) is 3. The average Bonchev–Trinajstić information content (AvgIpc) is 3.11. The number of hydrogen-bond donors (Lipinski definition) is 3. The summed E-state index contributed by atoms with van der Waals surface area (Å²) in [5, 5.41) is 13.4. The van der Waals surface area contributed by atoms with Crippen LogP contribution < -0.4 is 16.0 Å². The van der Waals surface area contributed by atoms with Gasteiger partial charge in [0, 0.05) is 66.7 Å². The molecule has 11 rings (SSSR count). The highest BCUT2D eigenvalue weighted by Crippen LogP contribution is 2.58. The summed E-state index contributed by atoms with van der Waals surface area (Å²) in [6, 6.07) is 5.68. The van der Waals surface area contributed by atoms with Crippen molar-refractivity contribution in [3.05, 3.63) is 0 Å². The minimum Gasteiger partial charge on any atom is -0.313 e. The van der Waals surface area contributed by atoms with Gasteiger partial charge in [0.15, 0.2) is 0 Å². The van der Waals surface area contributed by atoms with Gasteiger partial charge in [0.2, 0.25) is 0 Å². The van der Waals surface area contributed by atoms with Gasteiger partial charge in [0.1, 0.15) is 0 Å². The minimum atomic E-state index is 0.450. The molecule has 11 fully saturated rings. The molecule has 0 aromatic carbocycles. The minimum absolute atomic E-state index is 0.450. The van der Waals surface area contributed by atoms with E-state index in [-0.39, 0.29) is 0 Å². The van der Waals surface area contributed by atoms with Gasteiger partial charge in [-0.05, 0) is 158 Å². The fourth-order valence-corrected chi connectivity index (χ4v) is 16.4. The quantitative estimate of drug-likeness (QED) is 0.398. The van der Waals surface area contributed by atoms with E-state index in [1.807, 2.05) is 0 Å². The molecule has 9 saturated heterocycles. The van der Waals surface area contributed by atoms with Crippen LogP contribution in [0.5, 0.6) is 0 Å². The van der Waals surface area contributed by atoms with E-state index < -0.39 is 0 Å². The molecule has 2 saturated carbocycles. The van der Waals surface area contributed by atoms with Gasteiger partial charge in [-0.25, -0.2) is 0 Å². The molecular weight excluding hydrogens is 564 g/mol. The standard InChI is InChI=1S/C40H66N6/c1-4-18-45-24-40(22-26(33(45)11-1)20-25-8-6-16-41-38(25)40)35-13-5-10-31(42-35)29-14-15-32-36-27-21-30(34-12-2-3-17-44(34)23-27)28-9-7-19-46(37(28)36)39(29)43-32/h25-39,41-43H,1-24H2. The van der Waals surface area contributed by atoms with Gasteiger partial charge >= 0.3 is 0 Å². The summed E-state index contributed by atoms with van der Waals surface area (Å²) < 4.78 is 0. The molecule has 6 heteroatoms. The number of piperidine rings is 8. The summed E-state index contributed by atoms with van der Waals surface area (Å²) in [5.74, 6) is 6.53. The van der Waals surface area contributed by atoms with Crippen molar-refractivity contribution >= 4 is 0 Å². The van der Waals surface area contributed by atoms with Crippen LogP contribution in [0.4, 0.5) is 0 Å². The van der Waals surface area contributed by atoms with Crippen LogP contribution in [0.3, 0.4) is 0 Å². The Bertz CT molecular complexity index is 1140. The molecule has 16 unspecified atom stereocenters. The van der Waals surface area contributed by atoms with Gasteiger partial charge in [-0.3, -0.25) is 20.0 Å². The van der Waals surface area contributed by atoms with Gasteiger partial charge in [-0.2, -0.15) is 0 Å². The van der Waals surface area contributed by atoms with E-state index >= 15 is 0 Å². The number of nitrogens with zero attached hydrogens (tertiary/aromatic N) is 3. The topological polar surface area (TPSA) is 45.8 Å². The van der Waals surface area contributed by atoms with Gasteiger partial charge in [-0.1, -0.05) is 19.3 Å². The second kappa shape index (κ2) is 11.4. The Morgan fingerprint density at radius 1 is 0.587 bits per heavy atom. The van der Waals surface area contributed by atoms with E-state index in [1.54, 1.807) is 6.42 Å². The summed E-state index contributed by atoms with van der Waals surface area (Å²) in [7, 11) is 0. The molecule has 6 bridgehead atoms. The molecule has 256 valence electrons. The Balaban J connectivity index is 0.877. The molecule has 0 aromatic heterocycles. The molecule has 9 heterocycles. The van der Waals surface area contributed by atoms with Crippen molar-refractivity contribution in [2.45, 2.75) is 164 Å². The second-order valence-electron chi connectivity index (χ2n) is 19.3. The molecule has 2 aliphatic carbocycles. The fourth-order valence-electron chi connectivity index (χ4n) is 16.4. The van der Waals surface area contributed by atoms with Crippen molar-refractivity contribution in [3.8, 4) is 0 Å². The Kier molecular flexibility index (Phi) is 7.30. The highest BCUT2D eigenvalue weighted by Gasteiger charge is 2.63. The Morgan fingerprint density at radius 3 is 2.46 bits per heavy atom. The van der Waals surface area contributed by atoms with Gasteiger partial charge < -0.3 is 10.6 Å². The fraction of sp³-hybridized carbons (Fsp3) is 1.00. The Morgan fingerprint density at radius 2 is 1.50 bits per heavy atom. The zero-order valence-corrected chi connectivity index (χ0v) is 29.0. The van der Waals surface area contributed by atoms with Crippen LogP contribution in [0.25, 0.3) is 0 Å². The van der Waals surface area contributed by atoms with E-state index in [2.05, 4.69) is 30.7 Å². The van der Waals surface area contributed by atoms with Crippen LogP contribution in [0.2, 0.25) is 0 Å². The van der Waals surface area contributed by atoms with Gasteiger partial charge in [0.05, 0.1) is 6.17 Å². The van der Waals surface area contributed by atoms with Crippen LogP contribution in [0.1, 0.15) is 116 Å². The molecule has 11 aliphatic rings. The normalized spacial score (nSPS) is 57.0. The third-order valence-corrected chi connectivity index (χ3v) is 17.7. The number of fused-ring (bicyclic) bond motifs is 16. The maximum atomic E-state index is 4.65. The average molecular weight is 631 g/mol. The second-order valence-corrected chi connectivity index (χ2v) is 19.3. The first-order valence-corrected chi connectivity index (χ1v) is 21.2. The molecule has 9 aliphatic heterocycles. The van der Waals surface area contributed by atoms with Crippen LogP contribution in [-0.2, 0) is 0 Å². The summed E-state index contributed by atoms with van der Waals surface area (Å²) in [6.45, 7) is 8.24. The van der Waals surface area contributed by atoms with Crippen molar-refractivity contribution in [2.24, 2.45) is 46.8 Å². The molecule has 16 atom stereocenters. The summed E-state index contributed by atoms with van der Waals surface area (Å²) >= 11 is 0. The third-order valence-electron chi connectivity index (χ3n) is 17.7. The van der Waals surface area contributed by atoms with Crippen molar-refractivity contribution < 1.29 is 0 Å². The van der Waals surface area contributed by atoms with E-state index in [1.165, 1.54) is 148 Å². The van der Waals surface area contributed by atoms with Crippen LogP contribution in [0, 0.1) is 46.8 Å². The molecule has 0 radical (unpaired) electrons. The van der Waals surface area contributed by atoms with Crippen molar-refractivity contribution in [3.63, 3.8) is 0 Å². The lowest BCUT2D eigenvalue weighted by molar-refractivity contribution is -0.181. The Hall–Kier alpha value is -0.240. The highest BCUT2D eigenvalue weighted by molar-refractivity contribution is 5.17. The lowest BCUT2D eigenvalue weighted by Gasteiger charge is -2.68. The molecular formula is C40H66N6. The first kappa shape index (κ1) is 29.5. The van der Waals surface area contributed by atoms with E-state index in [4.69, 9.17) is 0 Å². The van der Waals surface area contributed by atoms with E-state index in [0.29, 0.717) is 23.7 Å². The largest absolute Gasteiger partial charge is 0.313 e. The van der Waals surface area contributed by atoms with Gasteiger partial charge in [-0.15, -0.1) is 0 Å². The van der Waals surface area contributed by atoms with Gasteiger partial charge in [0.25, 0.3) is 0 Å². The predicted molar refractivity (Wildman–Crippen MR) is 184 cm³/mol. The lowest BCUT2D eigenvalue weighted by Crippen LogP contribution is -2.78. The molecule has 46 heavy (non-hydrogen) atoms. The Labute approximate surface area is 280 Å². The number of hydrogen-bond acceptors (Lipinski definition) is 6. The summed E-state index contributed by atoms with van der Waals surface area (Å²) in [6.07, 6.45) is 27.2. The summed E-state index contributed by atoms with van der Waals surface area (Å²) in [4.78, 5) is 9.24. The first-order valence-electron chi connectivity index (χ1n) is 21.2. The summed E-state index contributed by atoms with van der Waals surface area (Å²) in [5.41, 5.74) is 0.450. The van der Waals surface area contributed by atoms with Crippen LogP contribution in [-0.4, -0.2) is 102 Å². The van der Waals surface area contributed by atoms with Crippen molar-refractivity contribution in [2.75, 3.05) is 39.3 Å². The van der Waals surface area contributed by atoms with Crippen LogP contribution >= 0.6 is 0 Å². The molecule has 3 N–H and O–H groups in total. The predicted octanol–water partition coefficient (Wildman–Crippen LogP) is 5.04. The zero-order valence-electron chi connectivity index (χ0n) is 29.0. The molecule has 6 nitrogen and oxygen atoms in total. The molecule has 0 amide bonds. The molecule has 0 spiro atoms. The first-order chi connectivity index (χ1) is 22.7. The highest BCUT2D eigenvalue weighted by atomic mass is 15.4.